The molecule has 0 saturated heterocycles. The minimum atomic E-state index is -2.97. The van der Waals surface area contributed by atoms with Crippen LogP contribution < -0.4 is 10.1 Å². The number of benzene rings is 2. The van der Waals surface area contributed by atoms with Gasteiger partial charge in [0.15, 0.2) is 6.61 Å². The molecule has 2 atom stereocenters. The van der Waals surface area contributed by atoms with Crippen LogP contribution in [-0.2, 0) is 19.7 Å². The monoisotopic (exact) mass is 511 g/mol. The molecule has 4 aliphatic rings. The van der Waals surface area contributed by atoms with E-state index < -0.39 is 30.4 Å². The van der Waals surface area contributed by atoms with Crippen LogP contribution in [-0.4, -0.2) is 31.0 Å². The van der Waals surface area contributed by atoms with Crippen LogP contribution in [0.25, 0.3) is 0 Å². The number of amides is 2. The van der Waals surface area contributed by atoms with Gasteiger partial charge < -0.3 is 9.47 Å². The van der Waals surface area contributed by atoms with Gasteiger partial charge in [0.1, 0.15) is 5.75 Å². The van der Waals surface area contributed by atoms with Crippen LogP contribution in [0.2, 0.25) is 0 Å². The van der Waals surface area contributed by atoms with Crippen LogP contribution in [0.4, 0.5) is 8.78 Å². The maximum atomic E-state index is 13.4. The number of imide groups is 1. The van der Waals surface area contributed by atoms with Crippen molar-refractivity contribution in [1.82, 2.24) is 5.32 Å². The van der Waals surface area contributed by atoms with E-state index in [4.69, 9.17) is 4.74 Å². The lowest BCUT2D eigenvalue weighted by molar-refractivity contribution is -0.175. The molecule has 4 bridgehead atoms. The van der Waals surface area contributed by atoms with Crippen LogP contribution in [0.3, 0.4) is 0 Å². The fourth-order valence-corrected chi connectivity index (χ4v) is 7.22. The normalized spacial score (nSPS) is 27.7. The Morgan fingerprint density at radius 1 is 0.973 bits per heavy atom. The summed E-state index contributed by atoms with van der Waals surface area (Å²) in [7, 11) is 0. The highest BCUT2D eigenvalue weighted by Gasteiger charge is 2.61. The molecule has 0 aliphatic heterocycles. The van der Waals surface area contributed by atoms with Gasteiger partial charge in [0.2, 0.25) is 0 Å². The quantitative estimate of drug-likeness (QED) is 0.514. The van der Waals surface area contributed by atoms with Gasteiger partial charge in [-0.1, -0.05) is 18.2 Å². The average molecular weight is 512 g/mol. The van der Waals surface area contributed by atoms with Crippen LogP contribution in [0.15, 0.2) is 42.5 Å². The number of halogens is 2. The molecule has 6 rings (SSSR count). The first-order valence-electron chi connectivity index (χ1n) is 12.7. The Labute approximate surface area is 214 Å². The molecule has 1 N–H and O–H groups in total. The first kappa shape index (κ1) is 25.4. The van der Waals surface area contributed by atoms with Crippen molar-refractivity contribution in [3.05, 3.63) is 64.7 Å². The predicted molar refractivity (Wildman–Crippen MR) is 131 cm³/mol. The van der Waals surface area contributed by atoms with Crippen molar-refractivity contribution in [2.24, 2.45) is 17.3 Å². The number of ether oxygens (including phenoxy) is 2. The fourth-order valence-electron chi connectivity index (χ4n) is 7.22. The summed E-state index contributed by atoms with van der Waals surface area (Å²) in [4.78, 5) is 38.2. The molecule has 8 heteroatoms. The Morgan fingerprint density at radius 2 is 1.65 bits per heavy atom. The lowest BCUT2D eigenvalue weighted by atomic mass is 9.43. The van der Waals surface area contributed by atoms with Gasteiger partial charge >= 0.3 is 12.6 Å². The summed E-state index contributed by atoms with van der Waals surface area (Å²) in [6.07, 6.45) is 5.58. The summed E-state index contributed by atoms with van der Waals surface area (Å²) in [6.45, 7) is 0.699. The van der Waals surface area contributed by atoms with Gasteiger partial charge in [0, 0.05) is 5.56 Å². The van der Waals surface area contributed by atoms with Crippen molar-refractivity contribution in [1.29, 1.82) is 0 Å². The molecule has 2 aromatic carbocycles. The van der Waals surface area contributed by atoms with E-state index in [2.05, 4.69) is 42.1 Å². The van der Waals surface area contributed by atoms with Gasteiger partial charge in [-0.3, -0.25) is 19.7 Å². The van der Waals surface area contributed by atoms with E-state index >= 15 is 0 Å². The summed E-state index contributed by atoms with van der Waals surface area (Å²) in [5.41, 5.74) is 3.25. The molecule has 2 amide bonds. The molecule has 0 spiro atoms. The lowest BCUT2D eigenvalue weighted by Crippen LogP contribution is -2.57. The highest BCUT2D eigenvalue weighted by molar-refractivity contribution is 6.05. The zero-order valence-electron chi connectivity index (χ0n) is 21.0. The molecule has 6 nitrogen and oxygen atoms in total. The third kappa shape index (κ3) is 4.98. The van der Waals surface area contributed by atoms with E-state index in [1.807, 2.05) is 0 Å². The number of nitrogens with one attached hydrogen (secondary N) is 1. The Hall–Kier alpha value is -3.29. The number of rotatable bonds is 7. The van der Waals surface area contributed by atoms with Crippen LogP contribution in [0.5, 0.6) is 5.75 Å². The Bertz CT molecular complexity index is 1210. The standard InChI is InChI=1S/C29H31F2NO5/c1-17-3-6-22(9-18(17)2)28-11-19-10-20(12-28)14-29(13-19,16-28)26(35)36-15-24(33)32-25(34)21-4-7-23(8-5-21)37-27(30)31/h3-9,19-20,27H,10-16H2,1-2H3,(H,32,33,34)/t19-,20-,28?,29?/m0/s1. The second-order valence-electron chi connectivity index (χ2n) is 11.2. The van der Waals surface area contributed by atoms with Gasteiger partial charge in [-0.15, -0.1) is 0 Å². The van der Waals surface area contributed by atoms with Crippen molar-refractivity contribution in [3.8, 4) is 5.75 Å². The number of hydrogen-bond acceptors (Lipinski definition) is 5. The zero-order chi connectivity index (χ0) is 26.4. The maximum absolute atomic E-state index is 13.4. The molecule has 0 radical (unpaired) electrons. The Morgan fingerprint density at radius 3 is 2.27 bits per heavy atom. The maximum Gasteiger partial charge on any atom is 0.387 e. The Kier molecular flexibility index (Phi) is 6.54. The van der Waals surface area contributed by atoms with Gasteiger partial charge in [0.25, 0.3) is 11.8 Å². The van der Waals surface area contributed by atoms with Crippen molar-refractivity contribution >= 4 is 17.8 Å². The van der Waals surface area contributed by atoms with Crippen molar-refractivity contribution < 1.29 is 32.6 Å². The van der Waals surface area contributed by atoms with Gasteiger partial charge in [0.05, 0.1) is 5.41 Å². The third-order valence-corrected chi connectivity index (χ3v) is 8.54. The highest BCUT2D eigenvalue weighted by atomic mass is 19.3. The van der Waals surface area contributed by atoms with E-state index in [1.54, 1.807) is 0 Å². The highest BCUT2D eigenvalue weighted by Crippen LogP contribution is 2.66. The molecule has 0 unspecified atom stereocenters. The van der Waals surface area contributed by atoms with Crippen LogP contribution in [0.1, 0.15) is 65.6 Å². The van der Waals surface area contributed by atoms with Gasteiger partial charge in [-0.05, 0) is 111 Å². The predicted octanol–water partition coefficient (Wildman–Crippen LogP) is 5.24. The van der Waals surface area contributed by atoms with E-state index in [-0.39, 0.29) is 22.7 Å². The lowest BCUT2D eigenvalue weighted by Gasteiger charge is -2.61. The number of carbonyl (C=O) groups is 3. The summed E-state index contributed by atoms with van der Waals surface area (Å²) in [5.74, 6) is -0.981. The largest absolute Gasteiger partial charge is 0.455 e. The second-order valence-corrected chi connectivity index (χ2v) is 11.2. The first-order valence-corrected chi connectivity index (χ1v) is 12.7. The molecule has 37 heavy (non-hydrogen) atoms. The molecule has 196 valence electrons. The van der Waals surface area contributed by atoms with Crippen molar-refractivity contribution in [2.75, 3.05) is 6.61 Å². The fraction of sp³-hybridized carbons (Fsp3) is 0.483. The molecule has 4 fully saturated rings. The summed E-state index contributed by atoms with van der Waals surface area (Å²) >= 11 is 0. The van der Waals surface area contributed by atoms with Gasteiger partial charge in [-0.2, -0.15) is 8.78 Å². The second kappa shape index (κ2) is 9.54. The average Bonchev–Trinajstić information content (AvgIpc) is 2.83. The van der Waals surface area contributed by atoms with E-state index in [0.29, 0.717) is 11.8 Å². The first-order chi connectivity index (χ1) is 17.6. The smallest absolute Gasteiger partial charge is 0.387 e. The summed E-state index contributed by atoms with van der Waals surface area (Å²) in [5, 5.41) is 2.19. The molecular weight excluding hydrogens is 480 g/mol. The molecule has 0 aromatic heterocycles. The number of alkyl halides is 2. The van der Waals surface area contributed by atoms with Crippen molar-refractivity contribution in [2.45, 2.75) is 64.4 Å². The van der Waals surface area contributed by atoms with E-state index in [9.17, 15) is 23.2 Å². The SMILES string of the molecule is Cc1ccc(C23C[C@@H]4C[C@H](CC(C(=O)OCC(=O)NC(=O)c5ccc(OC(F)F)cc5)(C4)C2)C3)cc1C. The third-order valence-electron chi connectivity index (χ3n) is 8.54. The topological polar surface area (TPSA) is 81.7 Å². The Balaban J connectivity index is 1.22. The molecule has 4 saturated carbocycles. The molecule has 4 aliphatic carbocycles. The molecule has 2 aromatic rings. The van der Waals surface area contributed by atoms with E-state index in [0.717, 1.165) is 38.5 Å². The number of aryl methyl sites for hydroxylation is 2. The minimum Gasteiger partial charge on any atom is -0.455 e. The van der Waals surface area contributed by atoms with E-state index in [1.165, 1.54) is 41.0 Å². The number of carbonyl (C=O) groups excluding carboxylic acids is 3. The summed E-state index contributed by atoms with van der Waals surface area (Å²) in [6, 6.07) is 11.6. The summed E-state index contributed by atoms with van der Waals surface area (Å²) < 4.78 is 34.3. The van der Waals surface area contributed by atoms with Crippen molar-refractivity contribution in [3.63, 3.8) is 0 Å². The van der Waals surface area contributed by atoms with Crippen LogP contribution in [0, 0.1) is 31.1 Å². The van der Waals surface area contributed by atoms with Crippen LogP contribution >= 0.6 is 0 Å². The number of hydrogen-bond donors (Lipinski definition) is 1. The zero-order valence-corrected chi connectivity index (χ0v) is 21.0. The van der Waals surface area contributed by atoms with Gasteiger partial charge in [-0.25, -0.2) is 0 Å². The molecule has 0 heterocycles. The number of esters is 1. The molecular formula is C29H31F2NO5. The minimum absolute atomic E-state index is 0.0417.